The molecule has 1 aromatic carbocycles. The summed E-state index contributed by atoms with van der Waals surface area (Å²) in [4.78, 5) is 49.7. The first-order chi connectivity index (χ1) is 17.6. The lowest BCUT2D eigenvalue weighted by atomic mass is 9.96. The summed E-state index contributed by atoms with van der Waals surface area (Å²) in [7, 11) is 1.52. The number of aliphatic hydroxyl groups excluding tert-OH is 1. The molecule has 10 heteroatoms. The molecule has 1 aliphatic rings. The Kier molecular flexibility index (Phi) is 5.91. The molecular formula is C27H24N4O5S. The molecule has 1 fully saturated rings. The van der Waals surface area contributed by atoms with Crippen LogP contribution in [0, 0.1) is 20.8 Å². The van der Waals surface area contributed by atoms with E-state index in [4.69, 9.17) is 4.74 Å². The number of thiazole rings is 1. The number of benzene rings is 1. The van der Waals surface area contributed by atoms with E-state index in [1.54, 1.807) is 38.1 Å². The van der Waals surface area contributed by atoms with Gasteiger partial charge in [0, 0.05) is 13.1 Å². The first kappa shape index (κ1) is 24.4. The molecule has 1 N–H and O–H groups in total. The molecule has 1 amide bonds. The average Bonchev–Trinajstić information content (AvgIpc) is 3.51. The number of methoxy groups -OCH3 is 1. The number of carbonyl (C=O) groups excluding carboxylic acids is 3. The number of hydrogen-bond donors (Lipinski definition) is 1. The second-order valence-electron chi connectivity index (χ2n) is 8.84. The minimum Gasteiger partial charge on any atom is -0.505 e. The van der Waals surface area contributed by atoms with Gasteiger partial charge in [-0.25, -0.2) is 9.97 Å². The van der Waals surface area contributed by atoms with Crippen LogP contribution in [0.1, 0.15) is 50.8 Å². The zero-order valence-electron chi connectivity index (χ0n) is 20.9. The maximum Gasteiger partial charge on any atom is 0.301 e. The van der Waals surface area contributed by atoms with Crippen molar-refractivity contribution in [2.24, 2.45) is 0 Å². The Morgan fingerprint density at radius 1 is 1.11 bits per heavy atom. The highest BCUT2D eigenvalue weighted by atomic mass is 32.1. The third kappa shape index (κ3) is 3.80. The van der Waals surface area contributed by atoms with Crippen molar-refractivity contribution in [2.45, 2.75) is 33.7 Å². The predicted octanol–water partition coefficient (Wildman–Crippen LogP) is 4.55. The quantitative estimate of drug-likeness (QED) is 0.179. The summed E-state index contributed by atoms with van der Waals surface area (Å²) in [5.41, 5.74) is 3.25. The Labute approximate surface area is 216 Å². The van der Waals surface area contributed by atoms with Gasteiger partial charge in [0.05, 0.1) is 35.0 Å². The number of aromatic nitrogens is 3. The summed E-state index contributed by atoms with van der Waals surface area (Å²) in [5.74, 6) is -1.77. The molecule has 188 valence electrons. The number of ketones is 2. The fourth-order valence-corrected chi connectivity index (χ4v) is 5.63. The highest BCUT2D eigenvalue weighted by molar-refractivity contribution is 7.18. The zero-order valence-corrected chi connectivity index (χ0v) is 21.7. The van der Waals surface area contributed by atoms with Gasteiger partial charge in [-0.2, -0.15) is 0 Å². The van der Waals surface area contributed by atoms with E-state index in [0.717, 1.165) is 16.9 Å². The van der Waals surface area contributed by atoms with E-state index < -0.39 is 17.7 Å². The number of pyridine rings is 1. The highest BCUT2D eigenvalue weighted by Crippen LogP contribution is 2.44. The van der Waals surface area contributed by atoms with Crippen molar-refractivity contribution in [3.63, 3.8) is 0 Å². The topological polar surface area (TPSA) is 114 Å². The Balaban J connectivity index is 1.78. The fourth-order valence-electron chi connectivity index (χ4n) is 4.64. The molecule has 1 unspecified atom stereocenters. The number of fused-ring (bicyclic) bond motifs is 1. The SMILES string of the molecule is COc1cccc(C2C(=C(O)c3nc4c(C)cccn4c3C)C(=O)C(=O)N2c2nc(C)c(C(C)=O)s2)c1. The van der Waals surface area contributed by atoms with E-state index in [2.05, 4.69) is 9.97 Å². The molecular weight excluding hydrogens is 492 g/mol. The molecule has 0 spiro atoms. The summed E-state index contributed by atoms with van der Waals surface area (Å²) < 4.78 is 7.20. The van der Waals surface area contributed by atoms with Gasteiger partial charge < -0.3 is 14.2 Å². The van der Waals surface area contributed by atoms with Crippen LogP contribution in [0.15, 0.2) is 48.2 Å². The van der Waals surface area contributed by atoms with Crippen LogP contribution in [0.4, 0.5) is 5.13 Å². The Morgan fingerprint density at radius 2 is 1.86 bits per heavy atom. The average molecular weight is 517 g/mol. The van der Waals surface area contributed by atoms with Crippen molar-refractivity contribution in [2.75, 3.05) is 12.0 Å². The van der Waals surface area contributed by atoms with Gasteiger partial charge >= 0.3 is 5.91 Å². The van der Waals surface area contributed by atoms with Crippen LogP contribution in [-0.2, 0) is 9.59 Å². The standard InChI is InChI=1S/C27H24N4O5S/c1-13-8-7-11-30-15(3)20(29-25(13)30)22(33)19-21(17-9-6-10-18(12-17)36-5)31(26(35)23(19)34)27-28-14(2)24(37-27)16(4)32/h6-12,21,33H,1-5H3. The van der Waals surface area contributed by atoms with Gasteiger partial charge in [-0.15, -0.1) is 0 Å². The molecule has 0 radical (unpaired) electrons. The highest BCUT2D eigenvalue weighted by Gasteiger charge is 2.49. The number of amides is 1. The number of aryl methyl sites for hydroxylation is 3. The number of aliphatic hydroxyl groups is 1. The van der Waals surface area contributed by atoms with Crippen molar-refractivity contribution in [1.82, 2.24) is 14.4 Å². The van der Waals surface area contributed by atoms with Gasteiger partial charge in [-0.05, 0) is 50.1 Å². The third-order valence-corrected chi connectivity index (χ3v) is 7.73. The summed E-state index contributed by atoms with van der Waals surface area (Å²) >= 11 is 1.03. The van der Waals surface area contributed by atoms with Gasteiger partial charge in [0.2, 0.25) is 0 Å². The minimum absolute atomic E-state index is 0.111. The van der Waals surface area contributed by atoms with Crippen LogP contribution in [0.2, 0.25) is 0 Å². The Bertz CT molecular complexity index is 1650. The smallest absolute Gasteiger partial charge is 0.301 e. The van der Waals surface area contributed by atoms with Gasteiger partial charge in [-0.1, -0.05) is 29.5 Å². The molecule has 5 rings (SSSR count). The molecule has 4 aromatic rings. The van der Waals surface area contributed by atoms with Crippen molar-refractivity contribution >= 4 is 45.3 Å². The van der Waals surface area contributed by atoms with Crippen molar-refractivity contribution in [1.29, 1.82) is 0 Å². The Morgan fingerprint density at radius 3 is 2.51 bits per heavy atom. The molecule has 0 aliphatic carbocycles. The van der Waals surface area contributed by atoms with Crippen LogP contribution in [0.25, 0.3) is 11.4 Å². The number of rotatable bonds is 5. The summed E-state index contributed by atoms with van der Waals surface area (Å²) in [6, 6.07) is 9.68. The lowest BCUT2D eigenvalue weighted by Crippen LogP contribution is -2.29. The molecule has 1 aliphatic heterocycles. The van der Waals surface area contributed by atoms with Gasteiger partial charge in [0.15, 0.2) is 16.7 Å². The van der Waals surface area contributed by atoms with Crippen LogP contribution in [0.5, 0.6) is 5.75 Å². The first-order valence-electron chi connectivity index (χ1n) is 11.5. The molecule has 0 saturated carbocycles. The summed E-state index contributed by atoms with van der Waals surface area (Å²) in [6.07, 6.45) is 1.82. The predicted molar refractivity (Wildman–Crippen MR) is 139 cm³/mol. The molecule has 37 heavy (non-hydrogen) atoms. The van der Waals surface area contributed by atoms with Crippen molar-refractivity contribution in [3.05, 3.63) is 81.3 Å². The fraction of sp³-hybridized carbons (Fsp3) is 0.222. The van der Waals surface area contributed by atoms with Crippen LogP contribution >= 0.6 is 11.3 Å². The molecule has 4 heterocycles. The molecule has 1 atom stereocenters. The van der Waals surface area contributed by atoms with E-state index in [1.165, 1.54) is 18.9 Å². The van der Waals surface area contributed by atoms with Gasteiger partial charge in [-0.3, -0.25) is 19.3 Å². The first-order valence-corrected chi connectivity index (χ1v) is 12.3. The minimum atomic E-state index is -1.01. The van der Waals surface area contributed by atoms with E-state index in [-0.39, 0.29) is 27.9 Å². The number of imidazole rings is 1. The lowest BCUT2D eigenvalue weighted by Gasteiger charge is -2.23. The largest absolute Gasteiger partial charge is 0.505 e. The Hall–Kier alpha value is -4.31. The summed E-state index contributed by atoms with van der Waals surface area (Å²) in [6.45, 7) is 6.79. The van der Waals surface area contributed by atoms with E-state index in [1.807, 2.05) is 29.7 Å². The summed E-state index contributed by atoms with van der Waals surface area (Å²) in [5, 5.41) is 11.7. The van der Waals surface area contributed by atoms with Crippen molar-refractivity contribution < 1.29 is 24.2 Å². The number of ether oxygens (including phenoxy) is 1. The second kappa shape index (κ2) is 8.97. The number of hydrogen-bond acceptors (Lipinski definition) is 8. The zero-order chi connectivity index (χ0) is 26.6. The number of carbonyl (C=O) groups is 3. The maximum atomic E-state index is 13.5. The van der Waals surface area contributed by atoms with E-state index in [9.17, 15) is 19.5 Å². The molecule has 0 bridgehead atoms. The molecule has 9 nitrogen and oxygen atoms in total. The van der Waals surface area contributed by atoms with Crippen LogP contribution in [-0.4, -0.2) is 44.1 Å². The monoisotopic (exact) mass is 516 g/mol. The van der Waals surface area contributed by atoms with E-state index >= 15 is 0 Å². The van der Waals surface area contributed by atoms with Crippen LogP contribution in [0.3, 0.4) is 0 Å². The maximum absolute atomic E-state index is 13.5. The second-order valence-corrected chi connectivity index (χ2v) is 9.82. The number of anilines is 1. The van der Waals surface area contributed by atoms with Crippen molar-refractivity contribution in [3.8, 4) is 5.75 Å². The molecule has 3 aromatic heterocycles. The third-order valence-electron chi connectivity index (χ3n) is 6.47. The number of nitrogens with zero attached hydrogens (tertiary/aromatic N) is 4. The van der Waals surface area contributed by atoms with E-state index in [0.29, 0.717) is 33.2 Å². The number of Topliss-reactive ketones (excluding diaryl/α,β-unsaturated/α-hetero) is 2. The van der Waals surface area contributed by atoms with Gasteiger partial charge in [0.25, 0.3) is 5.78 Å². The van der Waals surface area contributed by atoms with Gasteiger partial charge in [0.1, 0.15) is 17.1 Å². The molecule has 1 saturated heterocycles. The van der Waals surface area contributed by atoms with Crippen LogP contribution < -0.4 is 9.64 Å². The normalized spacial score (nSPS) is 17.1. The lowest BCUT2D eigenvalue weighted by molar-refractivity contribution is -0.132.